The maximum Gasteiger partial charge on any atom is 0.163 e. The van der Waals surface area contributed by atoms with E-state index < -0.39 is 0 Å². The molecule has 0 amide bonds. The van der Waals surface area contributed by atoms with Crippen LogP contribution in [0.4, 0.5) is 0 Å². The number of piperidine rings is 1. The van der Waals surface area contributed by atoms with E-state index in [1.54, 1.807) is 0 Å². The topological polar surface area (TPSA) is 32.7 Å². The van der Waals surface area contributed by atoms with Gasteiger partial charge < -0.3 is 0 Å². The molecule has 0 bridgehead atoms. The highest BCUT2D eigenvalue weighted by Crippen LogP contribution is 2.14. The number of benzene rings is 2. The Labute approximate surface area is 144 Å². The number of carbonyl (C=O) groups is 1. The molecule has 0 aromatic heterocycles. The number of Topliss-reactive ketones (excluding diaryl/α,β-unsaturated/α-hetero) is 1. The first-order valence-corrected chi connectivity index (χ1v) is 8.79. The maximum atomic E-state index is 12.4. The van der Waals surface area contributed by atoms with Crippen molar-refractivity contribution in [2.45, 2.75) is 32.1 Å². The number of hydrazone groups is 1. The molecule has 1 fully saturated rings. The molecule has 1 heterocycles. The lowest BCUT2D eigenvalue weighted by Gasteiger charge is -2.25. The monoisotopic (exact) mass is 320 g/mol. The zero-order chi connectivity index (χ0) is 16.6. The Balaban J connectivity index is 1.72. The van der Waals surface area contributed by atoms with Crippen LogP contribution < -0.4 is 0 Å². The highest BCUT2D eigenvalue weighted by molar-refractivity contribution is 6.04. The van der Waals surface area contributed by atoms with Crippen molar-refractivity contribution in [2.24, 2.45) is 5.10 Å². The van der Waals surface area contributed by atoms with E-state index >= 15 is 0 Å². The Hall–Kier alpha value is -2.42. The molecule has 3 heteroatoms. The normalized spacial score (nSPS) is 15.3. The molecule has 1 aliphatic heterocycles. The molecule has 1 saturated heterocycles. The lowest BCUT2D eigenvalue weighted by atomic mass is 10.0. The Morgan fingerprint density at radius 3 is 2.00 bits per heavy atom. The highest BCUT2D eigenvalue weighted by atomic mass is 16.1. The van der Waals surface area contributed by atoms with Crippen molar-refractivity contribution in [1.29, 1.82) is 0 Å². The van der Waals surface area contributed by atoms with Gasteiger partial charge >= 0.3 is 0 Å². The highest BCUT2D eigenvalue weighted by Gasteiger charge is 2.13. The van der Waals surface area contributed by atoms with Gasteiger partial charge in [0, 0.05) is 25.1 Å². The third-order valence-corrected chi connectivity index (χ3v) is 4.39. The lowest BCUT2D eigenvalue weighted by Crippen LogP contribution is -2.26. The van der Waals surface area contributed by atoms with Crippen LogP contribution in [-0.4, -0.2) is 29.6 Å². The van der Waals surface area contributed by atoms with Crippen LogP contribution in [0.15, 0.2) is 65.8 Å². The molecule has 0 radical (unpaired) electrons. The summed E-state index contributed by atoms with van der Waals surface area (Å²) in [6.45, 7) is 2.03. The molecule has 0 spiro atoms. The van der Waals surface area contributed by atoms with Gasteiger partial charge in [0.1, 0.15) is 0 Å². The molecule has 0 unspecified atom stereocenters. The molecular weight excluding hydrogens is 296 g/mol. The zero-order valence-corrected chi connectivity index (χ0v) is 14.0. The van der Waals surface area contributed by atoms with Crippen LogP contribution in [0.3, 0.4) is 0 Å². The fraction of sp³-hybridized carbons (Fsp3) is 0.333. The third kappa shape index (κ3) is 4.54. The minimum absolute atomic E-state index is 0.179. The first kappa shape index (κ1) is 16.4. The van der Waals surface area contributed by atoms with Crippen LogP contribution in [-0.2, 0) is 0 Å². The second-order valence-corrected chi connectivity index (χ2v) is 6.22. The maximum absolute atomic E-state index is 12.4. The number of carbonyl (C=O) groups excluding carboxylic acids is 1. The minimum Gasteiger partial charge on any atom is -0.297 e. The Morgan fingerprint density at radius 1 is 0.792 bits per heavy atom. The van der Waals surface area contributed by atoms with E-state index in [1.165, 1.54) is 19.3 Å². The molecule has 0 saturated carbocycles. The number of rotatable bonds is 6. The molecule has 0 aliphatic carbocycles. The van der Waals surface area contributed by atoms with E-state index in [4.69, 9.17) is 5.10 Å². The van der Waals surface area contributed by atoms with Crippen molar-refractivity contribution in [3.05, 3.63) is 71.8 Å². The van der Waals surface area contributed by atoms with Crippen LogP contribution in [0.25, 0.3) is 0 Å². The third-order valence-electron chi connectivity index (χ3n) is 4.39. The summed E-state index contributed by atoms with van der Waals surface area (Å²) in [5.74, 6) is 0.179. The summed E-state index contributed by atoms with van der Waals surface area (Å²) in [5.41, 5.74) is 2.91. The number of hydrogen-bond acceptors (Lipinski definition) is 3. The molecule has 124 valence electrons. The predicted molar refractivity (Wildman–Crippen MR) is 98.4 cm³/mol. The number of nitrogens with zero attached hydrogens (tertiary/aromatic N) is 2. The second kappa shape index (κ2) is 8.44. The van der Waals surface area contributed by atoms with Gasteiger partial charge in [-0.1, -0.05) is 60.7 Å². The fourth-order valence-corrected chi connectivity index (χ4v) is 3.03. The second-order valence-electron chi connectivity index (χ2n) is 6.22. The van der Waals surface area contributed by atoms with E-state index in [1.807, 2.05) is 48.5 Å². The average Bonchev–Trinajstić information content (AvgIpc) is 2.67. The van der Waals surface area contributed by atoms with Gasteiger partial charge in [-0.25, -0.2) is 0 Å². The summed E-state index contributed by atoms with van der Waals surface area (Å²) in [5, 5.41) is 7.03. The van der Waals surface area contributed by atoms with Crippen LogP contribution in [0.2, 0.25) is 0 Å². The predicted octanol–water partition coefficient (Wildman–Crippen LogP) is 4.54. The molecule has 0 N–H and O–H groups in total. The summed E-state index contributed by atoms with van der Waals surface area (Å²) in [6.07, 6.45) is 4.86. The van der Waals surface area contributed by atoms with Crippen molar-refractivity contribution in [1.82, 2.24) is 5.01 Å². The molecule has 3 rings (SSSR count). The molecule has 1 aliphatic rings. The molecule has 2 aromatic carbocycles. The average molecular weight is 320 g/mol. The quantitative estimate of drug-likeness (QED) is 0.578. The van der Waals surface area contributed by atoms with Crippen LogP contribution in [0.5, 0.6) is 0 Å². The van der Waals surface area contributed by atoms with Gasteiger partial charge in [0.05, 0.1) is 5.71 Å². The molecule has 3 nitrogen and oxygen atoms in total. The molecule has 2 aromatic rings. The Morgan fingerprint density at radius 2 is 1.38 bits per heavy atom. The molecule has 24 heavy (non-hydrogen) atoms. The summed E-state index contributed by atoms with van der Waals surface area (Å²) in [7, 11) is 0. The van der Waals surface area contributed by atoms with Gasteiger partial charge in [-0.3, -0.25) is 9.80 Å². The van der Waals surface area contributed by atoms with Crippen molar-refractivity contribution < 1.29 is 4.79 Å². The van der Waals surface area contributed by atoms with Crippen molar-refractivity contribution in [3.63, 3.8) is 0 Å². The van der Waals surface area contributed by atoms with Gasteiger partial charge in [0.15, 0.2) is 5.78 Å². The van der Waals surface area contributed by atoms with E-state index in [-0.39, 0.29) is 5.78 Å². The first-order valence-electron chi connectivity index (χ1n) is 8.79. The van der Waals surface area contributed by atoms with E-state index in [9.17, 15) is 4.79 Å². The SMILES string of the molecule is O=C(CCC(=NN1CCCCC1)c1ccccc1)c1ccccc1. The van der Waals surface area contributed by atoms with Crippen molar-refractivity contribution >= 4 is 11.5 Å². The fourth-order valence-electron chi connectivity index (χ4n) is 3.03. The van der Waals surface area contributed by atoms with E-state index in [0.29, 0.717) is 12.8 Å². The van der Waals surface area contributed by atoms with Gasteiger partial charge in [-0.15, -0.1) is 0 Å². The van der Waals surface area contributed by atoms with Gasteiger partial charge in [0.2, 0.25) is 0 Å². The first-order chi connectivity index (χ1) is 11.8. The summed E-state index contributed by atoms with van der Waals surface area (Å²) in [6, 6.07) is 19.7. The summed E-state index contributed by atoms with van der Waals surface area (Å²) >= 11 is 0. The van der Waals surface area contributed by atoms with E-state index in [2.05, 4.69) is 17.1 Å². The molecule has 0 atom stereocenters. The van der Waals surface area contributed by atoms with Crippen molar-refractivity contribution in [3.8, 4) is 0 Å². The summed E-state index contributed by atoms with van der Waals surface area (Å²) in [4.78, 5) is 12.4. The number of ketones is 1. The summed E-state index contributed by atoms with van der Waals surface area (Å²) < 4.78 is 0. The van der Waals surface area contributed by atoms with E-state index in [0.717, 1.165) is 29.9 Å². The van der Waals surface area contributed by atoms with Crippen LogP contribution in [0, 0.1) is 0 Å². The minimum atomic E-state index is 0.179. The Bertz CT molecular complexity index is 673. The lowest BCUT2D eigenvalue weighted by molar-refractivity contribution is 0.0984. The standard InChI is InChI=1S/C21H24N2O/c24-21(19-12-6-2-7-13-19)15-14-20(18-10-4-1-5-11-18)22-23-16-8-3-9-17-23/h1-2,4-7,10-13H,3,8-9,14-17H2. The van der Waals surface area contributed by atoms with Crippen LogP contribution in [0.1, 0.15) is 48.0 Å². The molecular formula is C21H24N2O. The smallest absolute Gasteiger partial charge is 0.163 e. The largest absolute Gasteiger partial charge is 0.297 e. The van der Waals surface area contributed by atoms with Gasteiger partial charge in [-0.2, -0.15) is 5.10 Å². The van der Waals surface area contributed by atoms with Gasteiger partial charge in [-0.05, 0) is 31.2 Å². The van der Waals surface area contributed by atoms with Gasteiger partial charge in [0.25, 0.3) is 0 Å². The zero-order valence-electron chi connectivity index (χ0n) is 14.0. The van der Waals surface area contributed by atoms with Crippen LogP contribution >= 0.6 is 0 Å². The van der Waals surface area contributed by atoms with Crippen molar-refractivity contribution in [2.75, 3.05) is 13.1 Å². The Kier molecular flexibility index (Phi) is 5.78. The number of hydrogen-bond donors (Lipinski definition) is 0.